The molecule has 1 saturated heterocycles. The van der Waals surface area contributed by atoms with E-state index in [0.29, 0.717) is 18.5 Å². The number of piperidine rings is 1. The molecule has 1 fully saturated rings. The molecule has 1 aliphatic rings. The van der Waals surface area contributed by atoms with Crippen LogP contribution in [0.2, 0.25) is 0 Å². The van der Waals surface area contributed by atoms with E-state index >= 15 is 0 Å². The fourth-order valence-electron chi connectivity index (χ4n) is 3.09. The highest BCUT2D eigenvalue weighted by atomic mass is 16.4. The smallest absolute Gasteiger partial charge is 0.326 e. The van der Waals surface area contributed by atoms with Crippen LogP contribution in [0.5, 0.6) is 0 Å². The van der Waals surface area contributed by atoms with Crippen LogP contribution in [0.4, 0.5) is 0 Å². The zero-order valence-electron chi connectivity index (χ0n) is 12.3. The minimum Gasteiger partial charge on any atom is -0.480 e. The molecular weight excluding hydrogens is 254 g/mol. The molecule has 4 nitrogen and oxygen atoms in total. The first-order chi connectivity index (χ1) is 9.41. The molecule has 0 unspecified atom stereocenters. The lowest BCUT2D eigenvalue weighted by atomic mass is 9.95. The van der Waals surface area contributed by atoms with Crippen molar-refractivity contribution in [1.82, 2.24) is 4.90 Å². The zero-order chi connectivity index (χ0) is 14.9. The van der Waals surface area contributed by atoms with Crippen LogP contribution in [-0.4, -0.2) is 34.5 Å². The number of nitrogens with zero attached hydrogens (tertiary/aromatic N) is 1. The van der Waals surface area contributed by atoms with E-state index in [1.807, 2.05) is 32.9 Å². The van der Waals surface area contributed by atoms with Gasteiger partial charge in [0.2, 0.25) is 0 Å². The van der Waals surface area contributed by atoms with Crippen molar-refractivity contribution in [3.63, 3.8) is 0 Å². The molecule has 1 heterocycles. The maximum atomic E-state index is 12.7. The second-order valence-electron chi connectivity index (χ2n) is 5.62. The summed E-state index contributed by atoms with van der Waals surface area (Å²) in [5.41, 5.74) is 3.61. The van der Waals surface area contributed by atoms with Gasteiger partial charge < -0.3 is 10.0 Å². The first kappa shape index (κ1) is 14.6. The Balaban J connectivity index is 2.37. The molecule has 0 bridgehead atoms. The third-order valence-corrected chi connectivity index (χ3v) is 3.94. The van der Waals surface area contributed by atoms with E-state index in [4.69, 9.17) is 0 Å². The fourth-order valence-corrected chi connectivity index (χ4v) is 3.09. The fraction of sp³-hybridized carbons (Fsp3) is 0.500. The number of rotatable bonds is 2. The summed E-state index contributed by atoms with van der Waals surface area (Å²) in [4.78, 5) is 25.6. The van der Waals surface area contributed by atoms with Crippen molar-refractivity contribution in [2.45, 2.75) is 46.1 Å². The highest BCUT2D eigenvalue weighted by Crippen LogP contribution is 2.24. The lowest BCUT2D eigenvalue weighted by Crippen LogP contribution is -2.48. The molecule has 1 aromatic rings. The van der Waals surface area contributed by atoms with Gasteiger partial charge in [0, 0.05) is 12.1 Å². The molecule has 0 saturated carbocycles. The lowest BCUT2D eigenvalue weighted by molar-refractivity contribution is -0.143. The van der Waals surface area contributed by atoms with Crippen molar-refractivity contribution in [2.75, 3.05) is 6.54 Å². The van der Waals surface area contributed by atoms with Crippen LogP contribution in [0.1, 0.15) is 46.3 Å². The summed E-state index contributed by atoms with van der Waals surface area (Å²) < 4.78 is 0. The molecule has 0 aromatic heterocycles. The Labute approximate surface area is 119 Å². The number of carbonyl (C=O) groups excluding carboxylic acids is 1. The molecule has 4 heteroatoms. The van der Waals surface area contributed by atoms with E-state index < -0.39 is 12.0 Å². The standard InChI is InChI=1S/C16H21NO3/c1-10-8-11(2)14(12(3)9-10)15(18)17-7-5-4-6-13(17)16(19)20/h8-9,13H,4-7H2,1-3H3,(H,19,20)/t13-/m0/s1. The Morgan fingerprint density at radius 3 is 2.30 bits per heavy atom. The van der Waals surface area contributed by atoms with Gasteiger partial charge in [-0.25, -0.2) is 4.79 Å². The van der Waals surface area contributed by atoms with Crippen molar-refractivity contribution in [2.24, 2.45) is 0 Å². The summed E-state index contributed by atoms with van der Waals surface area (Å²) >= 11 is 0. The number of carbonyl (C=O) groups is 2. The van der Waals surface area contributed by atoms with Gasteiger partial charge in [0.25, 0.3) is 5.91 Å². The van der Waals surface area contributed by atoms with Crippen LogP contribution < -0.4 is 0 Å². The van der Waals surface area contributed by atoms with Crippen molar-refractivity contribution in [3.05, 3.63) is 34.4 Å². The van der Waals surface area contributed by atoms with E-state index in [0.717, 1.165) is 29.5 Å². The first-order valence-electron chi connectivity index (χ1n) is 7.03. The van der Waals surface area contributed by atoms with E-state index in [9.17, 15) is 14.7 Å². The van der Waals surface area contributed by atoms with Gasteiger partial charge in [0.15, 0.2) is 0 Å². The normalized spacial score (nSPS) is 18.9. The van der Waals surface area contributed by atoms with Gasteiger partial charge in [-0.2, -0.15) is 0 Å². The molecule has 20 heavy (non-hydrogen) atoms. The Bertz CT molecular complexity index is 528. The molecule has 0 aliphatic carbocycles. The quantitative estimate of drug-likeness (QED) is 0.902. The maximum Gasteiger partial charge on any atom is 0.326 e. The lowest BCUT2D eigenvalue weighted by Gasteiger charge is -2.33. The minimum atomic E-state index is -0.902. The second-order valence-corrected chi connectivity index (χ2v) is 5.62. The number of hydrogen-bond acceptors (Lipinski definition) is 2. The van der Waals surface area contributed by atoms with Gasteiger partial charge in [0.1, 0.15) is 6.04 Å². The maximum absolute atomic E-state index is 12.7. The average molecular weight is 275 g/mol. The second kappa shape index (κ2) is 5.65. The highest BCUT2D eigenvalue weighted by Gasteiger charge is 2.33. The van der Waals surface area contributed by atoms with Crippen molar-refractivity contribution >= 4 is 11.9 Å². The predicted molar refractivity (Wildman–Crippen MR) is 77.0 cm³/mol. The van der Waals surface area contributed by atoms with Gasteiger partial charge in [-0.3, -0.25) is 4.79 Å². The topological polar surface area (TPSA) is 57.6 Å². The predicted octanol–water partition coefficient (Wildman–Crippen LogP) is 2.69. The molecule has 108 valence electrons. The Hall–Kier alpha value is -1.84. The van der Waals surface area contributed by atoms with Crippen LogP contribution in [0, 0.1) is 20.8 Å². The third kappa shape index (κ3) is 2.69. The van der Waals surface area contributed by atoms with Gasteiger partial charge in [-0.15, -0.1) is 0 Å². The Morgan fingerprint density at radius 2 is 1.75 bits per heavy atom. The van der Waals surface area contributed by atoms with Gasteiger partial charge >= 0.3 is 5.97 Å². The Kier molecular flexibility index (Phi) is 4.12. The Morgan fingerprint density at radius 1 is 1.15 bits per heavy atom. The largest absolute Gasteiger partial charge is 0.480 e. The van der Waals surface area contributed by atoms with Crippen molar-refractivity contribution < 1.29 is 14.7 Å². The summed E-state index contributed by atoms with van der Waals surface area (Å²) in [6.45, 7) is 6.34. The summed E-state index contributed by atoms with van der Waals surface area (Å²) in [7, 11) is 0. The van der Waals surface area contributed by atoms with E-state index in [1.165, 1.54) is 4.90 Å². The number of hydrogen-bond donors (Lipinski definition) is 1. The highest BCUT2D eigenvalue weighted by molar-refractivity contribution is 5.99. The van der Waals surface area contributed by atoms with Crippen LogP contribution in [0.25, 0.3) is 0 Å². The molecule has 1 aromatic carbocycles. The van der Waals surface area contributed by atoms with Crippen molar-refractivity contribution in [1.29, 1.82) is 0 Å². The monoisotopic (exact) mass is 275 g/mol. The number of carboxylic acid groups (broad SMARTS) is 1. The van der Waals surface area contributed by atoms with Crippen LogP contribution in [0.15, 0.2) is 12.1 Å². The molecule has 0 radical (unpaired) electrons. The van der Waals surface area contributed by atoms with Gasteiger partial charge in [0.05, 0.1) is 0 Å². The number of benzene rings is 1. The SMILES string of the molecule is Cc1cc(C)c(C(=O)N2CCCC[C@H]2C(=O)O)c(C)c1. The van der Waals surface area contributed by atoms with E-state index in [1.54, 1.807) is 0 Å². The average Bonchev–Trinajstić information content (AvgIpc) is 2.37. The summed E-state index contributed by atoms with van der Waals surface area (Å²) in [5, 5.41) is 9.29. The number of amides is 1. The third-order valence-electron chi connectivity index (χ3n) is 3.94. The summed E-state index contributed by atoms with van der Waals surface area (Å²) in [6, 6.07) is 3.26. The minimum absolute atomic E-state index is 0.146. The van der Waals surface area contributed by atoms with Crippen LogP contribution >= 0.6 is 0 Å². The van der Waals surface area contributed by atoms with Crippen LogP contribution in [0.3, 0.4) is 0 Å². The molecule has 1 atom stereocenters. The van der Waals surface area contributed by atoms with Crippen molar-refractivity contribution in [3.8, 4) is 0 Å². The molecule has 1 aliphatic heterocycles. The zero-order valence-corrected chi connectivity index (χ0v) is 12.3. The molecule has 1 N–H and O–H groups in total. The van der Waals surface area contributed by atoms with E-state index in [-0.39, 0.29) is 5.91 Å². The molecule has 2 rings (SSSR count). The number of likely N-dealkylation sites (tertiary alicyclic amines) is 1. The molecular formula is C16H21NO3. The van der Waals surface area contributed by atoms with Crippen LogP contribution in [-0.2, 0) is 4.79 Å². The van der Waals surface area contributed by atoms with E-state index in [2.05, 4.69) is 0 Å². The van der Waals surface area contributed by atoms with Gasteiger partial charge in [-0.1, -0.05) is 17.7 Å². The van der Waals surface area contributed by atoms with Gasteiger partial charge in [-0.05, 0) is 51.2 Å². The molecule has 1 amide bonds. The number of aliphatic carboxylic acids is 1. The number of aryl methyl sites for hydroxylation is 3. The molecule has 0 spiro atoms. The summed E-state index contributed by atoms with van der Waals surface area (Å²) in [6.07, 6.45) is 2.29. The summed E-state index contributed by atoms with van der Waals surface area (Å²) in [5.74, 6) is -1.05. The first-order valence-corrected chi connectivity index (χ1v) is 7.03. The number of carboxylic acids is 1.